The number of non-ortho nitro benzene ring substituents is 1. The zero-order valence-electron chi connectivity index (χ0n) is 12.8. The molecular weight excluding hydrogens is 302 g/mol. The Morgan fingerprint density at radius 3 is 1.79 bits per heavy atom. The fourth-order valence-corrected chi connectivity index (χ4v) is 2.70. The molecule has 0 N–H and O–H groups in total. The minimum atomic E-state index is -0.491. The predicted molar refractivity (Wildman–Crippen MR) is 92.2 cm³/mol. The van der Waals surface area contributed by atoms with E-state index in [0.717, 1.165) is 11.1 Å². The number of hydrogen-bond donors (Lipinski definition) is 0. The summed E-state index contributed by atoms with van der Waals surface area (Å²) in [6.45, 7) is 0. The van der Waals surface area contributed by atoms with Crippen molar-refractivity contribution in [1.29, 1.82) is 0 Å². The van der Waals surface area contributed by atoms with Gasteiger partial charge in [-0.2, -0.15) is 0 Å². The van der Waals surface area contributed by atoms with E-state index in [1.54, 1.807) is 24.3 Å². The zero-order valence-corrected chi connectivity index (χ0v) is 12.8. The fourth-order valence-electron chi connectivity index (χ4n) is 2.70. The Balaban J connectivity index is 2.06. The Labute approximate surface area is 139 Å². The first-order valence-electron chi connectivity index (χ1n) is 7.55. The molecule has 0 aliphatic rings. The molecule has 1 atom stereocenters. The highest BCUT2D eigenvalue weighted by Crippen LogP contribution is 2.29. The van der Waals surface area contributed by atoms with E-state index in [1.807, 2.05) is 48.5 Å². The summed E-state index contributed by atoms with van der Waals surface area (Å²) in [4.78, 5) is 23.4. The summed E-state index contributed by atoms with van der Waals surface area (Å²) in [5, 5.41) is 10.8. The number of nitrogens with zero attached hydrogens (tertiary/aromatic N) is 1. The molecule has 0 saturated heterocycles. The molecule has 3 rings (SSSR count). The Hall–Kier alpha value is -3.27. The van der Waals surface area contributed by atoms with Gasteiger partial charge in [0.25, 0.3) is 5.69 Å². The van der Waals surface area contributed by atoms with E-state index in [1.165, 1.54) is 12.1 Å². The van der Waals surface area contributed by atoms with Crippen LogP contribution < -0.4 is 0 Å². The number of carbonyl (C=O) groups excluding carboxylic acids is 1. The fraction of sp³-hybridized carbons (Fsp3) is 0.0500. The molecule has 0 radical (unpaired) electrons. The van der Waals surface area contributed by atoms with Gasteiger partial charge in [0.05, 0.1) is 10.8 Å². The molecule has 0 bridgehead atoms. The number of nitro benzene ring substituents is 1. The van der Waals surface area contributed by atoms with Crippen LogP contribution in [0, 0.1) is 10.1 Å². The monoisotopic (exact) mass is 317 g/mol. The molecule has 0 spiro atoms. The van der Waals surface area contributed by atoms with E-state index >= 15 is 0 Å². The third kappa shape index (κ3) is 3.22. The number of ketones is 1. The second-order valence-electron chi connectivity index (χ2n) is 5.42. The van der Waals surface area contributed by atoms with Crippen molar-refractivity contribution in [3.8, 4) is 0 Å². The number of Topliss-reactive ketones (excluding diaryl/α,β-unsaturated/α-hetero) is 1. The van der Waals surface area contributed by atoms with Gasteiger partial charge in [0, 0.05) is 17.7 Å². The number of rotatable bonds is 5. The molecule has 0 amide bonds. The number of hydrogen-bond acceptors (Lipinski definition) is 3. The third-order valence-corrected chi connectivity index (χ3v) is 3.89. The molecule has 3 aromatic rings. The van der Waals surface area contributed by atoms with Crippen LogP contribution >= 0.6 is 0 Å². The van der Waals surface area contributed by atoms with Gasteiger partial charge < -0.3 is 0 Å². The van der Waals surface area contributed by atoms with Gasteiger partial charge in [-0.3, -0.25) is 14.9 Å². The lowest BCUT2D eigenvalue weighted by molar-refractivity contribution is -0.384. The van der Waals surface area contributed by atoms with E-state index in [2.05, 4.69) is 0 Å². The molecule has 0 aliphatic carbocycles. The highest BCUT2D eigenvalue weighted by Gasteiger charge is 2.24. The van der Waals surface area contributed by atoms with Crippen molar-refractivity contribution in [3.63, 3.8) is 0 Å². The lowest BCUT2D eigenvalue weighted by Gasteiger charge is -2.17. The van der Waals surface area contributed by atoms with Crippen molar-refractivity contribution < 1.29 is 9.72 Å². The van der Waals surface area contributed by atoms with Gasteiger partial charge >= 0.3 is 0 Å². The molecule has 0 saturated carbocycles. The van der Waals surface area contributed by atoms with E-state index in [-0.39, 0.29) is 11.5 Å². The zero-order chi connectivity index (χ0) is 16.9. The second kappa shape index (κ2) is 6.87. The highest BCUT2D eigenvalue weighted by atomic mass is 16.6. The maximum absolute atomic E-state index is 13.0. The van der Waals surface area contributed by atoms with E-state index < -0.39 is 10.8 Å². The predicted octanol–water partition coefficient (Wildman–Crippen LogP) is 4.61. The maximum atomic E-state index is 13.0. The first-order chi connectivity index (χ1) is 11.7. The Morgan fingerprint density at radius 1 is 0.750 bits per heavy atom. The van der Waals surface area contributed by atoms with Crippen molar-refractivity contribution in [2.75, 3.05) is 0 Å². The van der Waals surface area contributed by atoms with Crippen LogP contribution in [0.3, 0.4) is 0 Å². The SMILES string of the molecule is O=C(c1ccccc1)C(c1ccccc1)c1ccc([N+](=O)[O-])cc1. The summed E-state index contributed by atoms with van der Waals surface area (Å²) in [6, 6.07) is 24.7. The Bertz CT molecular complexity index is 843. The first-order valence-corrected chi connectivity index (χ1v) is 7.55. The van der Waals surface area contributed by atoms with Gasteiger partial charge in [-0.1, -0.05) is 72.8 Å². The number of benzene rings is 3. The molecule has 1 unspecified atom stereocenters. The molecule has 0 aliphatic heterocycles. The molecule has 4 nitrogen and oxygen atoms in total. The van der Waals surface area contributed by atoms with Crippen LogP contribution in [0.2, 0.25) is 0 Å². The number of nitro groups is 1. The van der Waals surface area contributed by atoms with Gasteiger partial charge in [-0.05, 0) is 11.1 Å². The quantitative estimate of drug-likeness (QED) is 0.392. The van der Waals surface area contributed by atoms with Crippen molar-refractivity contribution in [1.82, 2.24) is 0 Å². The van der Waals surface area contributed by atoms with Gasteiger partial charge in [0.1, 0.15) is 0 Å². The smallest absolute Gasteiger partial charge is 0.269 e. The molecule has 24 heavy (non-hydrogen) atoms. The second-order valence-corrected chi connectivity index (χ2v) is 5.42. The lowest BCUT2D eigenvalue weighted by atomic mass is 9.85. The van der Waals surface area contributed by atoms with Crippen molar-refractivity contribution >= 4 is 11.5 Å². The van der Waals surface area contributed by atoms with Crippen molar-refractivity contribution in [2.24, 2.45) is 0 Å². The van der Waals surface area contributed by atoms with Crippen LogP contribution in [0.5, 0.6) is 0 Å². The minimum Gasteiger partial charge on any atom is -0.293 e. The van der Waals surface area contributed by atoms with Crippen LogP contribution in [0.4, 0.5) is 5.69 Å². The van der Waals surface area contributed by atoms with Crippen LogP contribution in [0.15, 0.2) is 84.9 Å². The van der Waals surface area contributed by atoms with Gasteiger partial charge in [-0.15, -0.1) is 0 Å². The normalized spacial score (nSPS) is 11.7. The average molecular weight is 317 g/mol. The summed E-state index contributed by atoms with van der Waals surface area (Å²) in [6.07, 6.45) is 0. The summed E-state index contributed by atoms with van der Waals surface area (Å²) in [7, 11) is 0. The molecule has 4 heteroatoms. The van der Waals surface area contributed by atoms with Crippen LogP contribution in [-0.4, -0.2) is 10.7 Å². The summed E-state index contributed by atoms with van der Waals surface area (Å²) in [5.41, 5.74) is 2.23. The van der Waals surface area contributed by atoms with Gasteiger partial charge in [-0.25, -0.2) is 0 Å². The van der Waals surface area contributed by atoms with Crippen molar-refractivity contribution in [3.05, 3.63) is 112 Å². The van der Waals surface area contributed by atoms with Crippen LogP contribution in [-0.2, 0) is 0 Å². The summed E-state index contributed by atoms with van der Waals surface area (Å²) < 4.78 is 0. The standard InChI is InChI=1S/C20H15NO3/c22-20(17-9-5-2-6-10-17)19(15-7-3-1-4-8-15)16-11-13-18(14-12-16)21(23)24/h1-14,19H. The van der Waals surface area contributed by atoms with Crippen molar-refractivity contribution in [2.45, 2.75) is 5.92 Å². The van der Waals surface area contributed by atoms with Crippen LogP contribution in [0.1, 0.15) is 27.4 Å². The summed E-state index contributed by atoms with van der Waals surface area (Å²) >= 11 is 0. The topological polar surface area (TPSA) is 60.2 Å². The summed E-state index contributed by atoms with van der Waals surface area (Å²) in [5.74, 6) is -0.523. The molecule has 0 aromatic heterocycles. The maximum Gasteiger partial charge on any atom is 0.269 e. The lowest BCUT2D eigenvalue weighted by Crippen LogP contribution is -2.14. The largest absolute Gasteiger partial charge is 0.293 e. The molecule has 118 valence electrons. The minimum absolute atomic E-state index is 0.0118. The number of carbonyl (C=O) groups is 1. The third-order valence-electron chi connectivity index (χ3n) is 3.89. The van der Waals surface area contributed by atoms with E-state index in [9.17, 15) is 14.9 Å². The molecule has 3 aromatic carbocycles. The van der Waals surface area contributed by atoms with Gasteiger partial charge in [0.2, 0.25) is 0 Å². The molecule has 0 fully saturated rings. The Morgan fingerprint density at radius 2 is 1.25 bits per heavy atom. The average Bonchev–Trinajstić information content (AvgIpc) is 2.64. The Kier molecular flexibility index (Phi) is 4.47. The van der Waals surface area contributed by atoms with E-state index in [4.69, 9.17) is 0 Å². The molecular formula is C20H15NO3. The first kappa shape index (κ1) is 15.6. The molecule has 0 heterocycles. The van der Waals surface area contributed by atoms with E-state index in [0.29, 0.717) is 5.56 Å². The highest BCUT2D eigenvalue weighted by molar-refractivity contribution is 6.03. The van der Waals surface area contributed by atoms with Crippen LogP contribution in [0.25, 0.3) is 0 Å². The van der Waals surface area contributed by atoms with Gasteiger partial charge in [0.15, 0.2) is 5.78 Å².